The van der Waals surface area contributed by atoms with E-state index in [1.807, 2.05) is 30.1 Å². The van der Waals surface area contributed by atoms with Crippen LogP contribution in [0.4, 0.5) is 17.3 Å². The van der Waals surface area contributed by atoms with Crippen LogP contribution in [0.1, 0.15) is 24.7 Å². The van der Waals surface area contributed by atoms with Crippen LogP contribution < -0.4 is 10.6 Å². The van der Waals surface area contributed by atoms with E-state index in [9.17, 15) is 5.26 Å². The average Bonchev–Trinajstić information content (AvgIpc) is 2.46. The van der Waals surface area contributed by atoms with Gasteiger partial charge in [0.1, 0.15) is 23.5 Å². The van der Waals surface area contributed by atoms with Gasteiger partial charge in [-0.2, -0.15) is 5.26 Å². The number of anilines is 3. The van der Waals surface area contributed by atoms with Crippen molar-refractivity contribution in [3.05, 3.63) is 41.7 Å². The summed E-state index contributed by atoms with van der Waals surface area (Å²) in [7, 11) is 1.87. The lowest BCUT2D eigenvalue weighted by Gasteiger charge is -2.20. The molecule has 0 spiro atoms. The third kappa shape index (κ3) is 2.86. The Bertz CT molecular complexity index is 645. The number of rotatable bonds is 4. The Hall–Kier alpha value is -2.61. The van der Waals surface area contributed by atoms with Crippen molar-refractivity contribution in [1.29, 1.82) is 5.26 Å². The summed E-state index contributed by atoms with van der Waals surface area (Å²) < 4.78 is 0. The van der Waals surface area contributed by atoms with E-state index in [0.29, 0.717) is 17.2 Å². The molecule has 0 saturated heterocycles. The normalized spacial score (nSPS) is 10.1. The standard InChI is InChI=1S/C15H17N5/c1-3-6-14-18-13(17)9-15(19-14)20(2)12-8-5-4-7-11(12)10-16/h4-5,7-9H,3,6H2,1-2H3,(H2,17,18,19). The van der Waals surface area contributed by atoms with E-state index in [1.54, 1.807) is 12.1 Å². The fourth-order valence-corrected chi connectivity index (χ4v) is 1.99. The van der Waals surface area contributed by atoms with Crippen LogP contribution in [0.5, 0.6) is 0 Å². The SMILES string of the molecule is CCCc1nc(N)cc(N(C)c2ccccc2C#N)n1. The second-order valence-corrected chi connectivity index (χ2v) is 4.51. The Morgan fingerprint density at radius 3 is 2.75 bits per heavy atom. The van der Waals surface area contributed by atoms with Crippen molar-refractivity contribution in [2.75, 3.05) is 17.7 Å². The molecule has 1 aromatic heterocycles. The van der Waals surface area contributed by atoms with Crippen LogP contribution in [0, 0.1) is 11.3 Å². The zero-order chi connectivity index (χ0) is 14.5. The maximum Gasteiger partial charge on any atom is 0.138 e. The lowest BCUT2D eigenvalue weighted by Crippen LogP contribution is -2.15. The molecule has 0 radical (unpaired) electrons. The van der Waals surface area contributed by atoms with Gasteiger partial charge in [-0.25, -0.2) is 9.97 Å². The molecule has 5 nitrogen and oxygen atoms in total. The van der Waals surface area contributed by atoms with Gasteiger partial charge in [0, 0.05) is 19.5 Å². The first-order valence-electron chi connectivity index (χ1n) is 6.52. The van der Waals surface area contributed by atoms with Crippen LogP contribution >= 0.6 is 0 Å². The Balaban J connectivity index is 2.43. The van der Waals surface area contributed by atoms with Crippen molar-refractivity contribution in [2.24, 2.45) is 0 Å². The molecule has 0 unspecified atom stereocenters. The number of nitrogen functional groups attached to an aromatic ring is 1. The molecule has 0 aliphatic heterocycles. The summed E-state index contributed by atoms with van der Waals surface area (Å²) in [6.07, 6.45) is 1.74. The van der Waals surface area contributed by atoms with Crippen LogP contribution in [0.15, 0.2) is 30.3 Å². The number of para-hydroxylation sites is 1. The van der Waals surface area contributed by atoms with Gasteiger partial charge >= 0.3 is 0 Å². The first kappa shape index (κ1) is 13.8. The van der Waals surface area contributed by atoms with Crippen molar-refractivity contribution in [3.63, 3.8) is 0 Å². The van der Waals surface area contributed by atoms with E-state index >= 15 is 0 Å². The molecule has 0 amide bonds. The van der Waals surface area contributed by atoms with Crippen molar-refractivity contribution < 1.29 is 0 Å². The Morgan fingerprint density at radius 2 is 2.05 bits per heavy atom. The smallest absolute Gasteiger partial charge is 0.138 e. The number of nitriles is 1. The van der Waals surface area contributed by atoms with E-state index in [2.05, 4.69) is 23.0 Å². The molecule has 2 aromatic rings. The molecule has 0 fully saturated rings. The van der Waals surface area contributed by atoms with E-state index in [1.165, 1.54) is 0 Å². The van der Waals surface area contributed by atoms with Crippen LogP contribution in [-0.2, 0) is 6.42 Å². The molecule has 0 aliphatic rings. The van der Waals surface area contributed by atoms with E-state index in [0.717, 1.165) is 24.4 Å². The molecule has 2 rings (SSSR count). The van der Waals surface area contributed by atoms with Gasteiger partial charge in [-0.05, 0) is 18.6 Å². The van der Waals surface area contributed by atoms with Crippen molar-refractivity contribution >= 4 is 17.3 Å². The summed E-state index contributed by atoms with van der Waals surface area (Å²) >= 11 is 0. The second kappa shape index (κ2) is 6.02. The monoisotopic (exact) mass is 267 g/mol. The van der Waals surface area contributed by atoms with Crippen molar-refractivity contribution in [3.8, 4) is 6.07 Å². The molecule has 0 saturated carbocycles. The molecule has 0 aliphatic carbocycles. The number of nitrogens with two attached hydrogens (primary N) is 1. The lowest BCUT2D eigenvalue weighted by molar-refractivity contribution is 0.834. The molecule has 20 heavy (non-hydrogen) atoms. The number of benzene rings is 1. The molecule has 1 aromatic carbocycles. The topological polar surface area (TPSA) is 78.8 Å². The van der Waals surface area contributed by atoms with Crippen LogP contribution in [0.2, 0.25) is 0 Å². The van der Waals surface area contributed by atoms with Gasteiger partial charge in [0.25, 0.3) is 0 Å². The predicted octanol–water partition coefficient (Wildman–Crippen LogP) is 2.65. The average molecular weight is 267 g/mol. The van der Waals surface area contributed by atoms with Gasteiger partial charge in [0.2, 0.25) is 0 Å². The van der Waals surface area contributed by atoms with E-state index in [-0.39, 0.29) is 0 Å². The fraction of sp³-hybridized carbons (Fsp3) is 0.267. The number of hydrogen-bond donors (Lipinski definition) is 1. The lowest BCUT2D eigenvalue weighted by atomic mass is 10.2. The highest BCUT2D eigenvalue weighted by Gasteiger charge is 2.12. The van der Waals surface area contributed by atoms with Gasteiger partial charge in [0.15, 0.2) is 0 Å². The fourth-order valence-electron chi connectivity index (χ4n) is 1.99. The quantitative estimate of drug-likeness (QED) is 0.921. The van der Waals surface area contributed by atoms with Gasteiger partial charge in [-0.3, -0.25) is 0 Å². The third-order valence-electron chi connectivity index (χ3n) is 2.98. The minimum absolute atomic E-state index is 0.444. The van der Waals surface area contributed by atoms with Gasteiger partial charge in [-0.1, -0.05) is 19.1 Å². The highest BCUT2D eigenvalue weighted by atomic mass is 15.2. The number of aryl methyl sites for hydroxylation is 1. The third-order valence-corrected chi connectivity index (χ3v) is 2.98. The summed E-state index contributed by atoms with van der Waals surface area (Å²) in [6, 6.07) is 11.3. The molecule has 102 valence electrons. The molecule has 2 N–H and O–H groups in total. The van der Waals surface area contributed by atoms with E-state index < -0.39 is 0 Å². The molecular formula is C15H17N5. The molecule has 0 atom stereocenters. The molecule has 1 heterocycles. The number of hydrogen-bond acceptors (Lipinski definition) is 5. The summed E-state index contributed by atoms with van der Waals surface area (Å²) in [5, 5.41) is 9.17. The zero-order valence-corrected chi connectivity index (χ0v) is 11.7. The molecule has 5 heteroatoms. The minimum Gasteiger partial charge on any atom is -0.384 e. The number of aromatic nitrogens is 2. The summed E-state index contributed by atoms with van der Waals surface area (Å²) in [6.45, 7) is 2.07. The van der Waals surface area contributed by atoms with Crippen LogP contribution in [-0.4, -0.2) is 17.0 Å². The summed E-state index contributed by atoms with van der Waals surface area (Å²) in [5.74, 6) is 1.87. The zero-order valence-electron chi connectivity index (χ0n) is 11.7. The van der Waals surface area contributed by atoms with Crippen molar-refractivity contribution in [1.82, 2.24) is 9.97 Å². The van der Waals surface area contributed by atoms with Crippen molar-refractivity contribution in [2.45, 2.75) is 19.8 Å². The molecule has 0 bridgehead atoms. The predicted molar refractivity (Wildman–Crippen MR) is 79.7 cm³/mol. The maximum atomic E-state index is 9.17. The second-order valence-electron chi connectivity index (χ2n) is 4.51. The van der Waals surface area contributed by atoms with Gasteiger partial charge < -0.3 is 10.6 Å². The number of nitrogens with zero attached hydrogens (tertiary/aromatic N) is 4. The first-order valence-corrected chi connectivity index (χ1v) is 6.52. The van der Waals surface area contributed by atoms with Gasteiger partial charge in [-0.15, -0.1) is 0 Å². The minimum atomic E-state index is 0.444. The van der Waals surface area contributed by atoms with Crippen LogP contribution in [0.3, 0.4) is 0 Å². The highest BCUT2D eigenvalue weighted by Crippen LogP contribution is 2.26. The van der Waals surface area contributed by atoms with Crippen LogP contribution in [0.25, 0.3) is 0 Å². The largest absolute Gasteiger partial charge is 0.384 e. The molecular weight excluding hydrogens is 250 g/mol. The maximum absolute atomic E-state index is 9.17. The summed E-state index contributed by atoms with van der Waals surface area (Å²) in [4.78, 5) is 10.6. The summed E-state index contributed by atoms with van der Waals surface area (Å²) in [5.41, 5.74) is 7.24. The Kier molecular flexibility index (Phi) is 4.16. The van der Waals surface area contributed by atoms with E-state index in [4.69, 9.17) is 5.73 Å². The first-order chi connectivity index (χ1) is 9.65. The Labute approximate surface area is 118 Å². The highest BCUT2D eigenvalue weighted by molar-refractivity contribution is 5.67. The Morgan fingerprint density at radius 1 is 1.30 bits per heavy atom. The van der Waals surface area contributed by atoms with Gasteiger partial charge in [0.05, 0.1) is 11.3 Å².